The minimum atomic E-state index is -1.11. The first-order valence-electron chi connectivity index (χ1n) is 11.4. The largest absolute Gasteiger partial charge is 0.465 e. The van der Waals surface area contributed by atoms with Crippen LogP contribution in [0.5, 0.6) is 0 Å². The van der Waals surface area contributed by atoms with Crippen LogP contribution in [-0.4, -0.2) is 75.0 Å². The average molecular weight is 496 g/mol. The van der Waals surface area contributed by atoms with Crippen LogP contribution in [-0.2, 0) is 0 Å². The van der Waals surface area contributed by atoms with E-state index in [9.17, 15) is 14.3 Å². The monoisotopic (exact) mass is 495 g/mol. The van der Waals surface area contributed by atoms with Crippen molar-refractivity contribution in [3.63, 3.8) is 0 Å². The maximum absolute atomic E-state index is 13.6. The Balaban J connectivity index is 1.60. The Morgan fingerprint density at radius 3 is 2.49 bits per heavy atom. The molecule has 0 bridgehead atoms. The third kappa shape index (κ3) is 4.44. The van der Waals surface area contributed by atoms with Crippen LogP contribution in [0.3, 0.4) is 0 Å². The first-order chi connectivity index (χ1) is 16.8. The third-order valence-corrected chi connectivity index (χ3v) is 7.24. The van der Waals surface area contributed by atoms with Crippen molar-refractivity contribution in [2.75, 3.05) is 43.0 Å². The topological polar surface area (TPSA) is 90.1 Å². The molecule has 1 saturated heterocycles. The van der Waals surface area contributed by atoms with Crippen molar-refractivity contribution in [2.45, 2.75) is 19.9 Å². The molecule has 3 aromatic heterocycles. The van der Waals surface area contributed by atoms with Gasteiger partial charge < -0.3 is 10.0 Å². The maximum Gasteiger partial charge on any atom is 0.412 e. The molecule has 1 fully saturated rings. The number of imidazole rings is 1. The van der Waals surface area contributed by atoms with Crippen LogP contribution in [0.1, 0.15) is 13.8 Å². The molecule has 1 aliphatic heterocycles. The molecule has 182 valence electrons. The van der Waals surface area contributed by atoms with Crippen molar-refractivity contribution >= 4 is 33.3 Å². The number of carboxylic acid groups (broad SMARTS) is 1. The van der Waals surface area contributed by atoms with Gasteiger partial charge in [-0.1, -0.05) is 11.3 Å². The highest BCUT2D eigenvalue weighted by atomic mass is 32.1. The molecule has 0 atom stereocenters. The summed E-state index contributed by atoms with van der Waals surface area (Å²) in [6, 6.07) is 10.2. The van der Waals surface area contributed by atoms with E-state index >= 15 is 0 Å². The minimum absolute atomic E-state index is 0.287. The molecular formula is C24H26FN7O2S. The molecule has 0 unspecified atom stereocenters. The molecule has 0 aliphatic carbocycles. The lowest BCUT2D eigenvalue weighted by atomic mass is 10.1. The maximum atomic E-state index is 13.6. The molecular weight excluding hydrogens is 469 g/mol. The van der Waals surface area contributed by atoms with Gasteiger partial charge in [0.15, 0.2) is 0 Å². The standard InChI is InChI=1S/C24H26FN7O2S/c1-15(2)30-10-12-31(13-11-30)23-28-32-21(17-8-9-26-19(14-17)29(3)24(33)34)20(27-22(32)35-23)16-4-6-18(25)7-5-16/h4-9,14-15H,10-13H2,1-3H3,(H,33,34). The van der Waals surface area contributed by atoms with Gasteiger partial charge in [-0.2, -0.15) is 0 Å². The van der Waals surface area contributed by atoms with Crippen LogP contribution in [0.4, 0.5) is 20.1 Å². The average Bonchev–Trinajstić information content (AvgIpc) is 3.42. The molecule has 1 aliphatic rings. The molecule has 0 saturated carbocycles. The van der Waals surface area contributed by atoms with Gasteiger partial charge in [0.2, 0.25) is 10.1 Å². The highest BCUT2D eigenvalue weighted by molar-refractivity contribution is 7.20. The number of anilines is 2. The summed E-state index contributed by atoms with van der Waals surface area (Å²) in [6.45, 7) is 8.14. The number of hydrogen-bond acceptors (Lipinski definition) is 7. The first kappa shape index (κ1) is 23.2. The van der Waals surface area contributed by atoms with E-state index in [0.717, 1.165) is 47.3 Å². The second-order valence-electron chi connectivity index (χ2n) is 8.76. The zero-order valence-electron chi connectivity index (χ0n) is 19.7. The molecule has 0 radical (unpaired) electrons. The Kier molecular flexibility index (Phi) is 6.12. The summed E-state index contributed by atoms with van der Waals surface area (Å²) in [7, 11) is 1.44. The Morgan fingerprint density at radius 2 is 1.83 bits per heavy atom. The second kappa shape index (κ2) is 9.23. The lowest BCUT2D eigenvalue weighted by Crippen LogP contribution is -2.48. The second-order valence-corrected chi connectivity index (χ2v) is 9.69. The fourth-order valence-corrected chi connectivity index (χ4v) is 5.16. The van der Waals surface area contributed by atoms with Gasteiger partial charge in [-0.15, -0.1) is 5.10 Å². The molecule has 11 heteroatoms. The zero-order chi connectivity index (χ0) is 24.7. The lowest BCUT2D eigenvalue weighted by Gasteiger charge is -2.36. The van der Waals surface area contributed by atoms with Crippen molar-refractivity contribution < 1.29 is 14.3 Å². The fraction of sp³-hybridized carbons (Fsp3) is 0.333. The molecule has 9 nitrogen and oxygen atoms in total. The van der Waals surface area contributed by atoms with Crippen LogP contribution in [0.15, 0.2) is 42.6 Å². The minimum Gasteiger partial charge on any atom is -0.465 e. The molecule has 0 spiro atoms. The molecule has 4 aromatic rings. The number of nitrogens with zero attached hydrogens (tertiary/aromatic N) is 7. The summed E-state index contributed by atoms with van der Waals surface area (Å²) < 4.78 is 15.4. The van der Waals surface area contributed by atoms with Gasteiger partial charge in [-0.3, -0.25) is 9.80 Å². The van der Waals surface area contributed by atoms with Crippen LogP contribution in [0, 0.1) is 5.82 Å². The Hall–Kier alpha value is -3.57. The summed E-state index contributed by atoms with van der Waals surface area (Å²) >= 11 is 1.51. The number of benzene rings is 1. The lowest BCUT2D eigenvalue weighted by molar-refractivity contribution is 0.203. The molecule has 1 amide bonds. The summed E-state index contributed by atoms with van der Waals surface area (Å²) in [4.78, 5) is 27.0. The molecule has 1 aromatic carbocycles. The van der Waals surface area contributed by atoms with E-state index in [1.54, 1.807) is 35.0 Å². The SMILES string of the molecule is CC(C)N1CCN(c2nn3c(-c4ccnc(N(C)C(=O)O)c4)c(-c4ccc(F)cc4)nc3s2)CC1. The highest BCUT2D eigenvalue weighted by Gasteiger charge is 2.25. The number of fused-ring (bicyclic) bond motifs is 1. The Bertz CT molecular complexity index is 1360. The van der Waals surface area contributed by atoms with Crippen molar-refractivity contribution in [1.29, 1.82) is 0 Å². The number of amides is 1. The van der Waals surface area contributed by atoms with Gasteiger partial charge in [-0.05, 0) is 50.2 Å². The van der Waals surface area contributed by atoms with Gasteiger partial charge in [0.25, 0.3) is 0 Å². The third-order valence-electron chi connectivity index (χ3n) is 6.28. The van der Waals surface area contributed by atoms with Crippen molar-refractivity contribution in [3.05, 3.63) is 48.4 Å². The molecule has 5 rings (SSSR count). The number of rotatable bonds is 5. The Morgan fingerprint density at radius 1 is 1.11 bits per heavy atom. The van der Waals surface area contributed by atoms with Crippen molar-refractivity contribution in [2.24, 2.45) is 0 Å². The summed E-state index contributed by atoms with van der Waals surface area (Å²) in [6.07, 6.45) is 0.458. The first-order valence-corrected chi connectivity index (χ1v) is 12.2. The Labute approximate surface area is 206 Å². The van der Waals surface area contributed by atoms with Gasteiger partial charge in [0.05, 0.1) is 0 Å². The molecule has 1 N–H and O–H groups in total. The van der Waals surface area contributed by atoms with Gasteiger partial charge in [0, 0.05) is 56.6 Å². The quantitative estimate of drug-likeness (QED) is 0.441. The van der Waals surface area contributed by atoms with E-state index in [1.807, 2.05) is 0 Å². The zero-order valence-corrected chi connectivity index (χ0v) is 20.5. The summed E-state index contributed by atoms with van der Waals surface area (Å²) in [5.41, 5.74) is 2.82. The van der Waals surface area contributed by atoms with E-state index in [2.05, 4.69) is 28.6 Å². The van der Waals surface area contributed by atoms with Crippen molar-refractivity contribution in [3.8, 4) is 22.5 Å². The number of pyridine rings is 1. The van der Waals surface area contributed by atoms with Crippen LogP contribution < -0.4 is 9.80 Å². The summed E-state index contributed by atoms with van der Waals surface area (Å²) in [5.74, 6) is -0.0400. The van der Waals surface area contributed by atoms with Crippen LogP contribution in [0.25, 0.3) is 27.5 Å². The number of halogens is 1. The fourth-order valence-electron chi connectivity index (χ4n) is 4.21. The predicted molar refractivity (Wildman–Crippen MR) is 135 cm³/mol. The van der Waals surface area contributed by atoms with Gasteiger partial charge >= 0.3 is 6.09 Å². The molecule has 4 heterocycles. The van der Waals surface area contributed by atoms with E-state index in [0.29, 0.717) is 22.4 Å². The van der Waals surface area contributed by atoms with Crippen LogP contribution in [0.2, 0.25) is 0 Å². The number of carbonyl (C=O) groups is 1. The van der Waals surface area contributed by atoms with Crippen molar-refractivity contribution in [1.82, 2.24) is 24.5 Å². The number of hydrogen-bond donors (Lipinski definition) is 1. The van der Waals surface area contributed by atoms with E-state index in [1.165, 1.54) is 30.5 Å². The number of piperazine rings is 1. The van der Waals surface area contributed by atoms with E-state index in [4.69, 9.17) is 10.1 Å². The smallest absolute Gasteiger partial charge is 0.412 e. The van der Waals surface area contributed by atoms with Gasteiger partial charge in [0.1, 0.15) is 23.0 Å². The summed E-state index contributed by atoms with van der Waals surface area (Å²) in [5, 5.41) is 15.2. The van der Waals surface area contributed by atoms with E-state index in [-0.39, 0.29) is 11.6 Å². The van der Waals surface area contributed by atoms with E-state index < -0.39 is 6.09 Å². The molecule has 35 heavy (non-hydrogen) atoms. The predicted octanol–water partition coefficient (Wildman–Crippen LogP) is 4.30. The number of aromatic nitrogens is 4. The van der Waals surface area contributed by atoms with Gasteiger partial charge in [-0.25, -0.2) is 23.7 Å². The normalized spacial score (nSPS) is 14.7. The van der Waals surface area contributed by atoms with Crippen LogP contribution >= 0.6 is 11.3 Å². The highest BCUT2D eigenvalue weighted by Crippen LogP contribution is 2.37.